The van der Waals surface area contributed by atoms with Crippen LogP contribution in [0.2, 0.25) is 0 Å². The van der Waals surface area contributed by atoms with Crippen LogP contribution >= 0.6 is 0 Å². The number of nitrogens with zero attached hydrogens (tertiary/aromatic N) is 5. The van der Waals surface area contributed by atoms with E-state index < -0.39 is 23.5 Å². The zero-order valence-electron chi connectivity index (χ0n) is 20.6. The molecule has 0 N–H and O–H groups in total. The first-order valence-corrected chi connectivity index (χ1v) is 12.5. The number of carbonyl (C=O) groups excluding carboxylic acids is 2. The number of halogens is 2. The molecular weight excluding hydrogens is 476 g/mol. The Labute approximate surface area is 214 Å². The molecule has 37 heavy (non-hydrogen) atoms. The van der Waals surface area contributed by atoms with E-state index in [9.17, 15) is 18.4 Å². The standard InChI is InChI=1S/C28H29F2N5O2/c1-19(36)35-15-14-33(13-11-26(35)20-6-3-2-4-7-20)28(37)24-18-34(27-8-5-12-31-32-27)17-23(24)22-10-9-21(29)16-25(22)30/h2-10,12,16,23-24,26H,11,13-15,17-18H2,1H3/t23-,24+,26?/m0/s1. The molecule has 0 saturated carbocycles. The number of hydrogen-bond acceptors (Lipinski definition) is 5. The van der Waals surface area contributed by atoms with Gasteiger partial charge in [0, 0.05) is 57.8 Å². The number of anilines is 1. The molecule has 1 unspecified atom stereocenters. The highest BCUT2D eigenvalue weighted by Gasteiger charge is 2.43. The third-order valence-corrected chi connectivity index (χ3v) is 7.44. The van der Waals surface area contributed by atoms with Gasteiger partial charge in [0.1, 0.15) is 11.6 Å². The number of aromatic nitrogens is 2. The van der Waals surface area contributed by atoms with E-state index in [4.69, 9.17) is 0 Å². The van der Waals surface area contributed by atoms with Crippen molar-refractivity contribution in [2.24, 2.45) is 5.92 Å². The van der Waals surface area contributed by atoms with E-state index >= 15 is 0 Å². The summed E-state index contributed by atoms with van der Waals surface area (Å²) in [7, 11) is 0. The largest absolute Gasteiger partial charge is 0.354 e. The molecule has 0 spiro atoms. The quantitative estimate of drug-likeness (QED) is 0.540. The molecule has 2 aliphatic rings. The molecule has 3 aromatic rings. The first kappa shape index (κ1) is 24.8. The van der Waals surface area contributed by atoms with Gasteiger partial charge in [0.05, 0.1) is 12.0 Å². The van der Waals surface area contributed by atoms with Gasteiger partial charge in [-0.1, -0.05) is 36.4 Å². The van der Waals surface area contributed by atoms with E-state index in [1.54, 1.807) is 30.2 Å². The normalized spacial score (nSPS) is 22.1. The Balaban J connectivity index is 1.42. The van der Waals surface area contributed by atoms with E-state index in [1.165, 1.54) is 12.1 Å². The number of benzene rings is 2. The molecular formula is C28H29F2N5O2. The molecule has 2 amide bonds. The average molecular weight is 506 g/mol. The minimum atomic E-state index is -0.661. The van der Waals surface area contributed by atoms with Crippen molar-refractivity contribution < 1.29 is 18.4 Å². The van der Waals surface area contributed by atoms with Gasteiger partial charge in [-0.2, -0.15) is 5.10 Å². The second-order valence-corrected chi connectivity index (χ2v) is 9.62. The van der Waals surface area contributed by atoms with Crippen molar-refractivity contribution in [2.75, 3.05) is 37.6 Å². The first-order chi connectivity index (χ1) is 17.9. The molecule has 2 aliphatic heterocycles. The Kier molecular flexibility index (Phi) is 7.12. The Hall–Kier alpha value is -3.88. The highest BCUT2D eigenvalue weighted by atomic mass is 19.1. The van der Waals surface area contributed by atoms with Gasteiger partial charge in [0.25, 0.3) is 0 Å². The molecule has 5 rings (SSSR count). The number of carbonyl (C=O) groups is 2. The molecule has 3 atom stereocenters. The molecule has 0 bridgehead atoms. The third-order valence-electron chi connectivity index (χ3n) is 7.44. The molecule has 9 heteroatoms. The highest BCUT2D eigenvalue weighted by Crippen LogP contribution is 2.38. The first-order valence-electron chi connectivity index (χ1n) is 12.5. The molecule has 192 valence electrons. The fourth-order valence-electron chi connectivity index (χ4n) is 5.60. The van der Waals surface area contributed by atoms with Crippen molar-refractivity contribution in [1.82, 2.24) is 20.0 Å². The molecule has 1 aromatic heterocycles. The van der Waals surface area contributed by atoms with Crippen molar-refractivity contribution in [1.29, 1.82) is 0 Å². The molecule has 2 saturated heterocycles. The Morgan fingerprint density at radius 2 is 1.76 bits per heavy atom. The topological polar surface area (TPSA) is 69.6 Å². The Bertz CT molecular complexity index is 1260. The summed E-state index contributed by atoms with van der Waals surface area (Å²) >= 11 is 0. The van der Waals surface area contributed by atoms with E-state index in [0.717, 1.165) is 11.6 Å². The van der Waals surface area contributed by atoms with Crippen molar-refractivity contribution in [3.05, 3.63) is 89.6 Å². The van der Waals surface area contributed by atoms with E-state index in [0.29, 0.717) is 50.5 Å². The Morgan fingerprint density at radius 1 is 0.946 bits per heavy atom. The summed E-state index contributed by atoms with van der Waals surface area (Å²) in [6.07, 6.45) is 2.17. The summed E-state index contributed by atoms with van der Waals surface area (Å²) < 4.78 is 28.6. The molecule has 0 radical (unpaired) electrons. The van der Waals surface area contributed by atoms with Crippen LogP contribution in [0.15, 0.2) is 66.9 Å². The second-order valence-electron chi connectivity index (χ2n) is 9.62. The summed E-state index contributed by atoms with van der Waals surface area (Å²) in [5, 5.41) is 8.11. The van der Waals surface area contributed by atoms with Gasteiger partial charge in [0.15, 0.2) is 5.82 Å². The van der Waals surface area contributed by atoms with Crippen LogP contribution in [0, 0.1) is 17.6 Å². The van der Waals surface area contributed by atoms with Crippen LogP contribution in [0.25, 0.3) is 0 Å². The van der Waals surface area contributed by atoms with Gasteiger partial charge >= 0.3 is 0 Å². The number of hydrogen-bond donors (Lipinski definition) is 0. The maximum Gasteiger partial charge on any atom is 0.228 e. The van der Waals surface area contributed by atoms with Gasteiger partial charge in [0.2, 0.25) is 11.8 Å². The van der Waals surface area contributed by atoms with E-state index in [2.05, 4.69) is 10.2 Å². The van der Waals surface area contributed by atoms with Crippen LogP contribution < -0.4 is 4.90 Å². The predicted octanol–water partition coefficient (Wildman–Crippen LogP) is 3.80. The zero-order chi connectivity index (χ0) is 25.9. The molecule has 0 aliphatic carbocycles. The van der Waals surface area contributed by atoms with Crippen molar-refractivity contribution in [3.63, 3.8) is 0 Å². The summed E-state index contributed by atoms with van der Waals surface area (Å²) in [5.74, 6) is -1.88. The van der Waals surface area contributed by atoms with Crippen molar-refractivity contribution in [2.45, 2.75) is 25.3 Å². The van der Waals surface area contributed by atoms with Gasteiger partial charge in [-0.25, -0.2) is 8.78 Å². The molecule has 2 aromatic carbocycles. The summed E-state index contributed by atoms with van der Waals surface area (Å²) in [4.78, 5) is 32.0. The van der Waals surface area contributed by atoms with Crippen LogP contribution in [0.3, 0.4) is 0 Å². The lowest BCUT2D eigenvalue weighted by Crippen LogP contribution is -2.41. The van der Waals surface area contributed by atoms with E-state index in [1.807, 2.05) is 40.1 Å². The smallest absolute Gasteiger partial charge is 0.228 e. The molecule has 2 fully saturated rings. The minimum Gasteiger partial charge on any atom is -0.354 e. The summed E-state index contributed by atoms with van der Waals surface area (Å²) in [6, 6.07) is 16.8. The average Bonchev–Trinajstić information content (AvgIpc) is 3.21. The predicted molar refractivity (Wildman–Crippen MR) is 135 cm³/mol. The van der Waals surface area contributed by atoms with Crippen LogP contribution in [-0.2, 0) is 9.59 Å². The number of rotatable bonds is 4. The fraction of sp³-hybridized carbons (Fsp3) is 0.357. The monoisotopic (exact) mass is 505 g/mol. The van der Waals surface area contributed by atoms with Crippen LogP contribution in [0.4, 0.5) is 14.6 Å². The molecule has 3 heterocycles. The van der Waals surface area contributed by atoms with Crippen LogP contribution in [0.5, 0.6) is 0 Å². The molecule has 7 nitrogen and oxygen atoms in total. The summed E-state index contributed by atoms with van der Waals surface area (Å²) in [5.41, 5.74) is 1.35. The fourth-order valence-corrected chi connectivity index (χ4v) is 5.60. The minimum absolute atomic E-state index is 0.0379. The van der Waals surface area contributed by atoms with E-state index in [-0.39, 0.29) is 17.9 Å². The van der Waals surface area contributed by atoms with Gasteiger partial charge in [-0.05, 0) is 35.7 Å². The number of amides is 2. The van der Waals surface area contributed by atoms with Gasteiger partial charge in [-0.15, -0.1) is 5.10 Å². The Morgan fingerprint density at radius 3 is 2.46 bits per heavy atom. The summed E-state index contributed by atoms with van der Waals surface area (Å²) in [6.45, 7) is 3.53. The SMILES string of the molecule is CC(=O)N1CCN(C(=O)[C@@H]2CN(c3cccnn3)C[C@H]2c2ccc(F)cc2F)CCC1c1ccccc1. The lowest BCUT2D eigenvalue weighted by Gasteiger charge is -2.29. The highest BCUT2D eigenvalue weighted by molar-refractivity contribution is 5.82. The van der Waals surface area contributed by atoms with Gasteiger partial charge in [-0.3, -0.25) is 9.59 Å². The maximum absolute atomic E-state index is 14.9. The maximum atomic E-state index is 14.9. The van der Waals surface area contributed by atoms with Gasteiger partial charge < -0.3 is 14.7 Å². The zero-order valence-corrected chi connectivity index (χ0v) is 20.6. The van der Waals surface area contributed by atoms with Crippen LogP contribution in [0.1, 0.15) is 36.4 Å². The van der Waals surface area contributed by atoms with Crippen molar-refractivity contribution >= 4 is 17.6 Å². The third kappa shape index (κ3) is 5.16. The lowest BCUT2D eigenvalue weighted by molar-refractivity contribution is -0.136. The van der Waals surface area contributed by atoms with Crippen molar-refractivity contribution in [3.8, 4) is 0 Å². The van der Waals surface area contributed by atoms with Crippen LogP contribution in [-0.4, -0.2) is 64.5 Å². The second kappa shape index (κ2) is 10.6. The lowest BCUT2D eigenvalue weighted by atomic mass is 9.87.